The lowest BCUT2D eigenvalue weighted by molar-refractivity contribution is -0.385. The number of nitriles is 1. The number of nitro groups is 1. The number of nitrogens with zero attached hydrogens (tertiary/aromatic N) is 3. The first kappa shape index (κ1) is 13.2. The first-order valence-electron chi connectivity index (χ1n) is 6.08. The summed E-state index contributed by atoms with van der Waals surface area (Å²) in [5.41, 5.74) is -0.494. The van der Waals surface area contributed by atoms with Crippen LogP contribution in [0.4, 0.5) is 11.5 Å². The molecule has 1 fully saturated rings. The zero-order chi connectivity index (χ0) is 13.8. The maximum absolute atomic E-state index is 10.7. The van der Waals surface area contributed by atoms with Crippen LogP contribution in [0.2, 0.25) is 0 Å². The second-order valence-corrected chi connectivity index (χ2v) is 4.56. The molecule has 2 rings (SSSR count). The van der Waals surface area contributed by atoms with Crippen molar-refractivity contribution in [3.63, 3.8) is 0 Å². The van der Waals surface area contributed by atoms with Crippen LogP contribution >= 0.6 is 0 Å². The van der Waals surface area contributed by atoms with Gasteiger partial charge in [0.15, 0.2) is 0 Å². The fourth-order valence-electron chi connectivity index (χ4n) is 2.40. The minimum atomic E-state index is -0.624. The van der Waals surface area contributed by atoms with Crippen LogP contribution in [0.5, 0.6) is 0 Å². The van der Waals surface area contributed by atoms with Crippen molar-refractivity contribution in [3.8, 4) is 6.07 Å². The van der Waals surface area contributed by atoms with E-state index in [1.54, 1.807) is 6.07 Å². The van der Waals surface area contributed by atoms with E-state index >= 15 is 0 Å². The molecule has 0 bridgehead atoms. The number of aromatic nitrogens is 1. The van der Waals surface area contributed by atoms with E-state index in [0.717, 1.165) is 19.3 Å². The Kier molecular flexibility index (Phi) is 3.92. The van der Waals surface area contributed by atoms with Gasteiger partial charge in [-0.05, 0) is 18.9 Å². The molecule has 100 valence electrons. The van der Waals surface area contributed by atoms with Gasteiger partial charge in [-0.3, -0.25) is 10.1 Å². The molecule has 1 aliphatic carbocycles. The molecule has 7 heteroatoms. The molecular weight excluding hydrogens is 248 g/mol. The predicted molar refractivity (Wildman–Crippen MR) is 67.4 cm³/mol. The Hall–Kier alpha value is -2.20. The first-order valence-corrected chi connectivity index (χ1v) is 6.08. The average molecular weight is 262 g/mol. The zero-order valence-electron chi connectivity index (χ0n) is 10.2. The summed E-state index contributed by atoms with van der Waals surface area (Å²) in [5.74, 6) is 0.607. The molecule has 1 heterocycles. The predicted octanol–water partition coefficient (Wildman–Crippen LogP) is 1.43. The van der Waals surface area contributed by atoms with Crippen LogP contribution in [0, 0.1) is 27.4 Å². The van der Waals surface area contributed by atoms with E-state index in [1.807, 2.05) is 0 Å². The van der Waals surface area contributed by atoms with Gasteiger partial charge < -0.3 is 10.4 Å². The van der Waals surface area contributed by atoms with Gasteiger partial charge in [0.25, 0.3) is 0 Å². The highest BCUT2D eigenvalue weighted by Gasteiger charge is 2.27. The summed E-state index contributed by atoms with van der Waals surface area (Å²) in [4.78, 5) is 14.0. The van der Waals surface area contributed by atoms with Gasteiger partial charge in [-0.2, -0.15) is 5.26 Å². The van der Waals surface area contributed by atoms with Crippen molar-refractivity contribution in [2.75, 3.05) is 11.9 Å². The lowest BCUT2D eigenvalue weighted by Crippen LogP contribution is -2.26. The van der Waals surface area contributed by atoms with Gasteiger partial charge in [0.1, 0.15) is 11.9 Å². The molecule has 1 aliphatic rings. The number of hydrogen-bond acceptors (Lipinski definition) is 6. The Morgan fingerprint density at radius 1 is 1.58 bits per heavy atom. The van der Waals surface area contributed by atoms with E-state index in [4.69, 9.17) is 5.26 Å². The fourth-order valence-corrected chi connectivity index (χ4v) is 2.40. The standard InChI is InChI=1S/C12H14N4O3/c13-6-10-11(16(18)19)4-5-12(15-10)14-9-3-1-2-8(9)7-17/h4-5,8-9,17H,1-3,7H2,(H,14,15). The van der Waals surface area contributed by atoms with Crippen molar-refractivity contribution < 1.29 is 10.0 Å². The third-order valence-corrected chi connectivity index (χ3v) is 3.40. The summed E-state index contributed by atoms with van der Waals surface area (Å²) in [6.07, 6.45) is 2.90. The highest BCUT2D eigenvalue weighted by molar-refractivity contribution is 5.50. The van der Waals surface area contributed by atoms with E-state index in [0.29, 0.717) is 5.82 Å². The smallest absolute Gasteiger partial charge is 0.305 e. The first-order chi connectivity index (χ1) is 9.15. The van der Waals surface area contributed by atoms with E-state index < -0.39 is 4.92 Å². The zero-order valence-corrected chi connectivity index (χ0v) is 10.2. The number of aliphatic hydroxyl groups is 1. The SMILES string of the molecule is N#Cc1nc(NC2CCCC2CO)ccc1[N+](=O)[O-]. The lowest BCUT2D eigenvalue weighted by Gasteiger charge is -2.19. The lowest BCUT2D eigenvalue weighted by atomic mass is 10.1. The Balaban J connectivity index is 2.18. The Labute approximate surface area is 110 Å². The summed E-state index contributed by atoms with van der Waals surface area (Å²) in [7, 11) is 0. The molecule has 2 atom stereocenters. The minimum absolute atomic E-state index is 0.102. The molecule has 7 nitrogen and oxygen atoms in total. The highest BCUT2D eigenvalue weighted by Crippen LogP contribution is 2.28. The summed E-state index contributed by atoms with van der Waals surface area (Å²) in [6.45, 7) is 0.107. The molecule has 0 aliphatic heterocycles. The molecule has 1 aromatic heterocycles. The quantitative estimate of drug-likeness (QED) is 0.627. The molecule has 2 N–H and O–H groups in total. The van der Waals surface area contributed by atoms with Crippen molar-refractivity contribution in [2.24, 2.45) is 5.92 Å². The molecule has 19 heavy (non-hydrogen) atoms. The van der Waals surface area contributed by atoms with Gasteiger partial charge in [-0.25, -0.2) is 4.98 Å². The molecule has 2 unspecified atom stereocenters. The van der Waals surface area contributed by atoms with Crippen LogP contribution in [0.3, 0.4) is 0 Å². The van der Waals surface area contributed by atoms with Gasteiger partial charge in [0.05, 0.1) is 4.92 Å². The molecule has 0 amide bonds. The maximum atomic E-state index is 10.7. The second-order valence-electron chi connectivity index (χ2n) is 4.56. The Morgan fingerprint density at radius 2 is 2.37 bits per heavy atom. The van der Waals surface area contributed by atoms with Gasteiger partial charge in [0.2, 0.25) is 5.69 Å². The Bertz CT molecular complexity index is 526. The monoisotopic (exact) mass is 262 g/mol. The van der Waals surface area contributed by atoms with E-state index in [1.165, 1.54) is 12.1 Å². The molecule has 0 aromatic carbocycles. The summed E-state index contributed by atoms with van der Waals surface area (Å²) in [6, 6.07) is 4.59. The van der Waals surface area contributed by atoms with Gasteiger partial charge in [-0.15, -0.1) is 0 Å². The van der Waals surface area contributed by atoms with Crippen LogP contribution in [-0.2, 0) is 0 Å². The summed E-state index contributed by atoms with van der Waals surface area (Å²) >= 11 is 0. The van der Waals surface area contributed by atoms with Crippen molar-refractivity contribution >= 4 is 11.5 Å². The van der Waals surface area contributed by atoms with Crippen LogP contribution in [0.1, 0.15) is 25.0 Å². The maximum Gasteiger partial charge on any atom is 0.305 e. The number of pyridine rings is 1. The number of rotatable bonds is 4. The summed E-state index contributed by atoms with van der Waals surface area (Å²) in [5, 5.41) is 31.9. The minimum Gasteiger partial charge on any atom is -0.396 e. The number of aliphatic hydroxyl groups excluding tert-OH is 1. The van der Waals surface area contributed by atoms with Crippen LogP contribution in [0.15, 0.2) is 12.1 Å². The van der Waals surface area contributed by atoms with E-state index in [2.05, 4.69) is 10.3 Å². The van der Waals surface area contributed by atoms with E-state index in [-0.39, 0.29) is 29.9 Å². The largest absolute Gasteiger partial charge is 0.396 e. The van der Waals surface area contributed by atoms with Crippen molar-refractivity contribution in [1.29, 1.82) is 5.26 Å². The third kappa shape index (κ3) is 2.80. The molecular formula is C12H14N4O3. The van der Waals surface area contributed by atoms with Crippen LogP contribution < -0.4 is 5.32 Å². The molecule has 1 aromatic rings. The Morgan fingerprint density at radius 3 is 3.00 bits per heavy atom. The van der Waals surface area contributed by atoms with E-state index in [9.17, 15) is 15.2 Å². The van der Waals surface area contributed by atoms with Crippen LogP contribution in [0.25, 0.3) is 0 Å². The summed E-state index contributed by atoms with van der Waals surface area (Å²) < 4.78 is 0. The van der Waals surface area contributed by atoms with Crippen molar-refractivity contribution in [2.45, 2.75) is 25.3 Å². The number of anilines is 1. The van der Waals surface area contributed by atoms with Gasteiger partial charge in [-0.1, -0.05) is 6.42 Å². The molecule has 1 saturated carbocycles. The molecule has 0 saturated heterocycles. The highest BCUT2D eigenvalue weighted by atomic mass is 16.6. The van der Waals surface area contributed by atoms with Gasteiger partial charge >= 0.3 is 5.69 Å². The van der Waals surface area contributed by atoms with Crippen molar-refractivity contribution in [3.05, 3.63) is 27.9 Å². The van der Waals surface area contributed by atoms with Crippen LogP contribution in [-0.4, -0.2) is 27.7 Å². The third-order valence-electron chi connectivity index (χ3n) is 3.40. The number of hydrogen-bond donors (Lipinski definition) is 2. The topological polar surface area (TPSA) is 112 Å². The van der Waals surface area contributed by atoms with Gasteiger partial charge in [0, 0.05) is 24.6 Å². The van der Waals surface area contributed by atoms with Crippen molar-refractivity contribution in [1.82, 2.24) is 4.98 Å². The average Bonchev–Trinajstić information content (AvgIpc) is 2.85. The number of nitrogens with one attached hydrogen (secondary N) is 1. The normalized spacial score (nSPS) is 21.9. The fraction of sp³-hybridized carbons (Fsp3) is 0.500. The molecule has 0 radical (unpaired) electrons. The second kappa shape index (κ2) is 5.63. The molecule has 0 spiro atoms.